The van der Waals surface area contributed by atoms with Crippen LogP contribution in [0.15, 0.2) is 42.0 Å². The average molecular weight is 396 g/mol. The number of carboxylic acids is 1. The van der Waals surface area contributed by atoms with Gasteiger partial charge in [0, 0.05) is 0 Å². The maximum Gasteiger partial charge on any atom is 0.307 e. The number of allylic oxidation sites excluding steroid dienone is 3. The molecular weight excluding hydrogens is 372 g/mol. The summed E-state index contributed by atoms with van der Waals surface area (Å²) < 4.78 is 15.8. The number of hydrogen-bond donors (Lipinski definition) is 2. The summed E-state index contributed by atoms with van der Waals surface area (Å²) in [6.45, 7) is 1.94. The molecule has 0 aliphatic heterocycles. The zero-order valence-electron chi connectivity index (χ0n) is 16.9. The van der Waals surface area contributed by atoms with E-state index in [4.69, 9.17) is 14.2 Å². The number of carboxylic acid groups (broad SMARTS) is 1. The normalized spacial score (nSPS) is 14.1. The quantitative estimate of drug-likeness (QED) is 0.726. The Morgan fingerprint density at radius 2 is 1.66 bits per heavy atom. The second-order valence-corrected chi connectivity index (χ2v) is 6.76. The largest absolute Gasteiger partial charge is 0.502 e. The molecule has 6 nitrogen and oxygen atoms in total. The van der Waals surface area contributed by atoms with Gasteiger partial charge in [0.1, 0.15) is 5.75 Å². The van der Waals surface area contributed by atoms with Gasteiger partial charge in [-0.25, -0.2) is 0 Å². The van der Waals surface area contributed by atoms with Gasteiger partial charge in [-0.1, -0.05) is 12.1 Å². The predicted molar refractivity (Wildman–Crippen MR) is 111 cm³/mol. The van der Waals surface area contributed by atoms with Crippen LogP contribution >= 0.6 is 0 Å². The number of carbonyl (C=O) groups is 1. The number of phenolic OH excluding ortho intramolecular Hbond substituents is 1. The first-order chi connectivity index (χ1) is 13.9. The van der Waals surface area contributed by atoms with Crippen molar-refractivity contribution in [1.82, 2.24) is 0 Å². The number of fused-ring (bicyclic) bond motifs is 1. The number of methoxy groups -OCH3 is 3. The Morgan fingerprint density at radius 1 is 1.00 bits per heavy atom. The van der Waals surface area contributed by atoms with E-state index in [9.17, 15) is 15.0 Å². The predicted octanol–water partition coefficient (Wildman–Crippen LogP) is 4.31. The van der Waals surface area contributed by atoms with E-state index in [1.54, 1.807) is 19.2 Å². The standard InChI is InChI=1S/C23H24O6/c1-13-16(7-5-14-9-20(28-3)23(26)21(10-14)29-4)17-8-6-15(27-2)11-19(17)18(13)12-22(24)25/h6-11,26H,5,12H2,1-4H3,(H,24,25)/b16-7+. The first kappa shape index (κ1) is 20.3. The molecule has 0 aromatic heterocycles. The molecule has 0 fully saturated rings. The number of ether oxygens (including phenoxy) is 3. The van der Waals surface area contributed by atoms with Crippen molar-refractivity contribution in [2.75, 3.05) is 21.3 Å². The Morgan fingerprint density at radius 3 is 2.21 bits per heavy atom. The van der Waals surface area contributed by atoms with Gasteiger partial charge in [0.15, 0.2) is 11.5 Å². The summed E-state index contributed by atoms with van der Waals surface area (Å²) in [5, 5.41) is 19.4. The third-order valence-corrected chi connectivity index (χ3v) is 5.11. The Balaban J connectivity index is 2.03. The van der Waals surface area contributed by atoms with Gasteiger partial charge in [-0.3, -0.25) is 4.79 Å². The van der Waals surface area contributed by atoms with Gasteiger partial charge >= 0.3 is 5.97 Å². The topological polar surface area (TPSA) is 85.2 Å². The number of phenols is 1. The van der Waals surface area contributed by atoms with Gasteiger partial charge in [-0.05, 0) is 71.0 Å². The molecule has 0 spiro atoms. The lowest BCUT2D eigenvalue weighted by molar-refractivity contribution is -0.135. The maximum atomic E-state index is 11.4. The van der Waals surface area contributed by atoms with Crippen LogP contribution in [0.5, 0.6) is 23.0 Å². The molecule has 0 bridgehead atoms. The Bertz CT molecular complexity index is 991. The van der Waals surface area contributed by atoms with E-state index < -0.39 is 5.97 Å². The molecular formula is C23H24O6. The van der Waals surface area contributed by atoms with Gasteiger partial charge in [0.25, 0.3) is 0 Å². The highest BCUT2D eigenvalue weighted by Crippen LogP contribution is 2.44. The van der Waals surface area contributed by atoms with Crippen LogP contribution in [0.3, 0.4) is 0 Å². The highest BCUT2D eigenvalue weighted by Gasteiger charge is 2.25. The minimum Gasteiger partial charge on any atom is -0.502 e. The summed E-state index contributed by atoms with van der Waals surface area (Å²) >= 11 is 0. The molecule has 1 aliphatic carbocycles. The van der Waals surface area contributed by atoms with Crippen LogP contribution in [0.25, 0.3) is 11.1 Å². The van der Waals surface area contributed by atoms with Crippen LogP contribution in [0.2, 0.25) is 0 Å². The van der Waals surface area contributed by atoms with Crippen LogP contribution in [0, 0.1) is 0 Å². The van der Waals surface area contributed by atoms with Crippen molar-refractivity contribution in [3.8, 4) is 23.0 Å². The van der Waals surface area contributed by atoms with Crippen LogP contribution < -0.4 is 14.2 Å². The fourth-order valence-electron chi connectivity index (χ4n) is 3.63. The number of aromatic hydroxyl groups is 1. The molecule has 0 atom stereocenters. The smallest absolute Gasteiger partial charge is 0.307 e. The monoisotopic (exact) mass is 396 g/mol. The van der Waals surface area contributed by atoms with Crippen molar-refractivity contribution in [1.29, 1.82) is 0 Å². The molecule has 29 heavy (non-hydrogen) atoms. The van der Waals surface area contributed by atoms with Crippen molar-refractivity contribution in [3.05, 3.63) is 58.7 Å². The molecule has 0 unspecified atom stereocenters. The van der Waals surface area contributed by atoms with Gasteiger partial charge < -0.3 is 24.4 Å². The van der Waals surface area contributed by atoms with Crippen molar-refractivity contribution in [2.45, 2.75) is 19.8 Å². The molecule has 0 saturated heterocycles. The molecule has 2 N–H and O–H groups in total. The number of rotatable bonds is 7. The first-order valence-electron chi connectivity index (χ1n) is 9.14. The lowest BCUT2D eigenvalue weighted by Gasteiger charge is -2.11. The SMILES string of the molecule is COc1ccc2c(c1)C(CC(=O)O)=C(C)/C2=C\Cc1cc(OC)c(O)c(OC)c1. The summed E-state index contributed by atoms with van der Waals surface area (Å²) in [6, 6.07) is 9.23. The number of aliphatic carboxylic acids is 1. The van der Waals surface area contributed by atoms with E-state index >= 15 is 0 Å². The molecule has 2 aromatic rings. The van der Waals surface area contributed by atoms with Gasteiger partial charge in [0.05, 0.1) is 27.8 Å². The second-order valence-electron chi connectivity index (χ2n) is 6.76. The number of hydrogen-bond acceptors (Lipinski definition) is 5. The molecule has 152 valence electrons. The first-order valence-corrected chi connectivity index (χ1v) is 9.14. The van der Waals surface area contributed by atoms with E-state index in [0.29, 0.717) is 23.7 Å². The molecule has 0 heterocycles. The third-order valence-electron chi connectivity index (χ3n) is 5.11. The minimum absolute atomic E-state index is 0.0375. The van der Waals surface area contributed by atoms with Crippen LogP contribution in [-0.2, 0) is 11.2 Å². The third kappa shape index (κ3) is 3.92. The van der Waals surface area contributed by atoms with E-state index in [-0.39, 0.29) is 12.2 Å². The van der Waals surface area contributed by atoms with Crippen molar-refractivity contribution in [3.63, 3.8) is 0 Å². The summed E-state index contributed by atoms with van der Waals surface area (Å²) in [6.07, 6.45) is 2.57. The zero-order chi connectivity index (χ0) is 21.1. The molecule has 2 aromatic carbocycles. The summed E-state index contributed by atoms with van der Waals surface area (Å²) in [5.41, 5.74) is 5.49. The fourth-order valence-corrected chi connectivity index (χ4v) is 3.63. The Hall–Kier alpha value is -3.41. The highest BCUT2D eigenvalue weighted by molar-refractivity contribution is 6.03. The molecule has 1 aliphatic rings. The Kier molecular flexibility index (Phi) is 5.82. The van der Waals surface area contributed by atoms with Crippen molar-refractivity contribution in [2.24, 2.45) is 0 Å². The summed E-state index contributed by atoms with van der Waals surface area (Å²) in [5.74, 6) is 0.460. The molecule has 0 radical (unpaired) electrons. The number of benzene rings is 2. The second kappa shape index (κ2) is 8.31. The lowest BCUT2D eigenvalue weighted by atomic mass is 10.00. The van der Waals surface area contributed by atoms with E-state index in [2.05, 4.69) is 6.08 Å². The van der Waals surface area contributed by atoms with Gasteiger partial charge in [-0.2, -0.15) is 0 Å². The van der Waals surface area contributed by atoms with Gasteiger partial charge in [0.2, 0.25) is 5.75 Å². The fraction of sp³-hybridized carbons (Fsp3) is 0.261. The molecule has 0 amide bonds. The van der Waals surface area contributed by atoms with Crippen LogP contribution in [-0.4, -0.2) is 37.5 Å². The van der Waals surface area contributed by atoms with Crippen molar-refractivity contribution < 1.29 is 29.2 Å². The average Bonchev–Trinajstić information content (AvgIpc) is 2.97. The summed E-state index contributed by atoms with van der Waals surface area (Å²) in [4.78, 5) is 11.4. The summed E-state index contributed by atoms with van der Waals surface area (Å²) in [7, 11) is 4.57. The van der Waals surface area contributed by atoms with Crippen LogP contribution in [0.4, 0.5) is 0 Å². The lowest BCUT2D eigenvalue weighted by Crippen LogP contribution is -1.97. The van der Waals surface area contributed by atoms with E-state index in [1.165, 1.54) is 14.2 Å². The maximum absolute atomic E-state index is 11.4. The van der Waals surface area contributed by atoms with Crippen LogP contribution in [0.1, 0.15) is 30.0 Å². The molecule has 6 heteroatoms. The van der Waals surface area contributed by atoms with E-state index in [1.807, 2.05) is 25.1 Å². The highest BCUT2D eigenvalue weighted by atomic mass is 16.5. The zero-order valence-corrected chi connectivity index (χ0v) is 16.9. The molecule has 0 saturated carbocycles. The van der Waals surface area contributed by atoms with E-state index in [0.717, 1.165) is 33.4 Å². The van der Waals surface area contributed by atoms with Gasteiger partial charge in [-0.15, -0.1) is 0 Å². The molecule has 3 rings (SSSR count). The van der Waals surface area contributed by atoms with Crippen molar-refractivity contribution >= 4 is 17.1 Å². The minimum atomic E-state index is -0.873. The Labute approximate surface area is 169 Å².